The Labute approximate surface area is 142 Å². The van der Waals surface area contributed by atoms with Gasteiger partial charge in [0.25, 0.3) is 11.2 Å². The van der Waals surface area contributed by atoms with Crippen molar-refractivity contribution in [1.82, 2.24) is 4.57 Å². The molecule has 24 heavy (non-hydrogen) atoms. The van der Waals surface area contributed by atoms with Crippen molar-refractivity contribution >= 4 is 21.6 Å². The van der Waals surface area contributed by atoms with E-state index in [1.807, 2.05) is 0 Å². The standard InChI is InChI=1S/C15H10BrF3N2O3/c16-13-10-3-1-2-8(10)7-20(14(13)22)12-6-9(21(23)24)4-5-11(12)15(17,18)19/h4-7H,1-3H2. The van der Waals surface area contributed by atoms with Crippen molar-refractivity contribution < 1.29 is 18.1 Å². The quantitative estimate of drug-likeness (QED) is 0.562. The van der Waals surface area contributed by atoms with E-state index >= 15 is 0 Å². The van der Waals surface area contributed by atoms with Gasteiger partial charge in [0.1, 0.15) is 0 Å². The van der Waals surface area contributed by atoms with Crippen LogP contribution in [0.4, 0.5) is 18.9 Å². The lowest BCUT2D eigenvalue weighted by Crippen LogP contribution is -2.23. The summed E-state index contributed by atoms with van der Waals surface area (Å²) in [4.78, 5) is 22.6. The smallest absolute Gasteiger partial charge is 0.282 e. The first kappa shape index (κ1) is 16.7. The van der Waals surface area contributed by atoms with Gasteiger partial charge in [0.05, 0.1) is 20.6 Å². The molecule has 1 aliphatic carbocycles. The summed E-state index contributed by atoms with van der Waals surface area (Å²) < 4.78 is 40.9. The van der Waals surface area contributed by atoms with Crippen LogP contribution in [-0.4, -0.2) is 9.49 Å². The van der Waals surface area contributed by atoms with Gasteiger partial charge in [-0.2, -0.15) is 13.2 Å². The number of nitrogens with zero attached hydrogens (tertiary/aromatic N) is 2. The first-order chi connectivity index (χ1) is 11.2. The topological polar surface area (TPSA) is 65.1 Å². The van der Waals surface area contributed by atoms with Gasteiger partial charge >= 0.3 is 6.18 Å². The first-order valence-electron chi connectivity index (χ1n) is 6.99. The molecule has 0 saturated carbocycles. The molecule has 0 radical (unpaired) electrons. The molecule has 9 heteroatoms. The summed E-state index contributed by atoms with van der Waals surface area (Å²) >= 11 is 3.15. The number of fused-ring (bicyclic) bond motifs is 1. The second kappa shape index (κ2) is 5.73. The van der Waals surface area contributed by atoms with Gasteiger partial charge in [0.2, 0.25) is 0 Å². The molecule has 1 aliphatic rings. The number of hydrogen-bond donors (Lipinski definition) is 0. The van der Waals surface area contributed by atoms with Crippen LogP contribution in [0.1, 0.15) is 23.1 Å². The van der Waals surface area contributed by atoms with Gasteiger partial charge in [-0.1, -0.05) is 0 Å². The average Bonchev–Trinajstić information content (AvgIpc) is 2.98. The molecular weight excluding hydrogens is 393 g/mol. The van der Waals surface area contributed by atoms with Crippen LogP contribution in [0, 0.1) is 10.1 Å². The van der Waals surface area contributed by atoms with Gasteiger partial charge in [0, 0.05) is 18.3 Å². The number of benzene rings is 1. The van der Waals surface area contributed by atoms with Crippen molar-refractivity contribution in [3.8, 4) is 5.69 Å². The Balaban J connectivity index is 2.33. The fourth-order valence-electron chi connectivity index (χ4n) is 2.86. The summed E-state index contributed by atoms with van der Waals surface area (Å²) in [5, 5.41) is 10.9. The number of nitro benzene ring substituents is 1. The number of rotatable bonds is 2. The van der Waals surface area contributed by atoms with E-state index in [1.54, 1.807) is 0 Å². The maximum Gasteiger partial charge on any atom is 0.418 e. The first-order valence-corrected chi connectivity index (χ1v) is 7.78. The fraction of sp³-hybridized carbons (Fsp3) is 0.267. The molecule has 0 saturated heterocycles. The van der Waals surface area contributed by atoms with Crippen molar-refractivity contribution in [2.75, 3.05) is 0 Å². The number of non-ortho nitro benzene ring substituents is 1. The molecule has 2 aromatic rings. The molecule has 1 aromatic carbocycles. The van der Waals surface area contributed by atoms with E-state index in [-0.39, 0.29) is 4.47 Å². The zero-order valence-electron chi connectivity index (χ0n) is 12.1. The third-order valence-corrected chi connectivity index (χ3v) is 4.79. The monoisotopic (exact) mass is 402 g/mol. The third kappa shape index (κ3) is 2.72. The predicted octanol–water partition coefficient (Wildman–Crippen LogP) is 4.02. The lowest BCUT2D eigenvalue weighted by molar-refractivity contribution is -0.384. The van der Waals surface area contributed by atoms with Crippen molar-refractivity contribution in [3.05, 3.63) is 66.0 Å². The van der Waals surface area contributed by atoms with Gasteiger partial charge < -0.3 is 0 Å². The van der Waals surface area contributed by atoms with E-state index < -0.39 is 33.6 Å². The summed E-state index contributed by atoms with van der Waals surface area (Å²) in [5.74, 6) is 0. The molecule has 0 unspecified atom stereocenters. The minimum absolute atomic E-state index is 0.206. The van der Waals surface area contributed by atoms with Crippen LogP contribution in [0.15, 0.2) is 33.7 Å². The number of halogens is 4. The number of aromatic nitrogens is 1. The highest BCUT2D eigenvalue weighted by atomic mass is 79.9. The van der Waals surface area contributed by atoms with Crippen LogP contribution in [-0.2, 0) is 19.0 Å². The second-order valence-electron chi connectivity index (χ2n) is 5.43. The molecule has 1 aromatic heterocycles. The Morgan fingerprint density at radius 2 is 1.96 bits per heavy atom. The lowest BCUT2D eigenvalue weighted by atomic mass is 10.1. The molecule has 5 nitrogen and oxygen atoms in total. The van der Waals surface area contributed by atoms with E-state index in [1.165, 1.54) is 6.20 Å². The number of nitro groups is 1. The molecule has 0 aliphatic heterocycles. The molecule has 0 N–H and O–H groups in total. The van der Waals surface area contributed by atoms with Crippen molar-refractivity contribution in [2.45, 2.75) is 25.4 Å². The van der Waals surface area contributed by atoms with E-state index in [2.05, 4.69) is 15.9 Å². The molecule has 0 amide bonds. The summed E-state index contributed by atoms with van der Waals surface area (Å²) in [6.07, 6.45) is -1.27. The van der Waals surface area contributed by atoms with Gasteiger partial charge in [0.15, 0.2) is 0 Å². The molecule has 1 heterocycles. The van der Waals surface area contributed by atoms with Crippen molar-refractivity contribution in [1.29, 1.82) is 0 Å². The van der Waals surface area contributed by atoms with Crippen LogP contribution in [0.25, 0.3) is 5.69 Å². The summed E-state index contributed by atoms with van der Waals surface area (Å²) in [5.41, 5.74) is -1.27. The Morgan fingerprint density at radius 1 is 1.25 bits per heavy atom. The Kier molecular flexibility index (Phi) is 3.98. The highest BCUT2D eigenvalue weighted by Gasteiger charge is 2.35. The number of hydrogen-bond acceptors (Lipinski definition) is 3. The lowest BCUT2D eigenvalue weighted by Gasteiger charge is -2.16. The molecule has 0 bridgehead atoms. The van der Waals surface area contributed by atoms with E-state index in [9.17, 15) is 28.1 Å². The van der Waals surface area contributed by atoms with E-state index in [4.69, 9.17) is 0 Å². The Morgan fingerprint density at radius 3 is 2.58 bits per heavy atom. The van der Waals surface area contributed by atoms with Crippen LogP contribution >= 0.6 is 15.9 Å². The number of aryl methyl sites for hydroxylation is 1. The zero-order valence-corrected chi connectivity index (χ0v) is 13.6. The SMILES string of the molecule is O=c1c(Br)c2c(cn1-c1cc([N+](=O)[O-])ccc1C(F)(F)F)CCC2. The molecule has 126 valence electrons. The van der Waals surface area contributed by atoms with Crippen LogP contribution in [0.5, 0.6) is 0 Å². The van der Waals surface area contributed by atoms with E-state index in [0.717, 1.165) is 34.2 Å². The van der Waals surface area contributed by atoms with Gasteiger partial charge in [-0.3, -0.25) is 19.5 Å². The highest BCUT2D eigenvalue weighted by Crippen LogP contribution is 2.36. The third-order valence-electron chi connectivity index (χ3n) is 3.97. The maximum atomic E-state index is 13.3. The number of pyridine rings is 1. The molecular formula is C15H10BrF3N2O3. The normalized spacial score (nSPS) is 13.8. The molecule has 3 rings (SSSR count). The zero-order chi connectivity index (χ0) is 17.6. The minimum Gasteiger partial charge on any atom is -0.282 e. The molecule has 0 fully saturated rings. The number of alkyl halides is 3. The maximum absolute atomic E-state index is 13.3. The van der Waals surface area contributed by atoms with Crippen molar-refractivity contribution in [3.63, 3.8) is 0 Å². The summed E-state index contributed by atoms with van der Waals surface area (Å²) in [7, 11) is 0. The van der Waals surface area contributed by atoms with E-state index in [0.29, 0.717) is 18.9 Å². The fourth-order valence-corrected chi connectivity index (χ4v) is 3.51. The van der Waals surface area contributed by atoms with Gasteiger partial charge in [-0.25, -0.2) is 0 Å². The summed E-state index contributed by atoms with van der Waals surface area (Å²) in [6, 6.07) is 2.18. The molecule has 0 spiro atoms. The van der Waals surface area contributed by atoms with Crippen molar-refractivity contribution in [2.24, 2.45) is 0 Å². The average molecular weight is 403 g/mol. The Bertz CT molecular complexity index is 906. The van der Waals surface area contributed by atoms with Crippen LogP contribution in [0.3, 0.4) is 0 Å². The predicted molar refractivity (Wildman–Crippen MR) is 83.4 cm³/mol. The second-order valence-corrected chi connectivity index (χ2v) is 6.22. The highest BCUT2D eigenvalue weighted by molar-refractivity contribution is 9.10. The van der Waals surface area contributed by atoms with Gasteiger partial charge in [-0.15, -0.1) is 0 Å². The molecule has 0 atom stereocenters. The minimum atomic E-state index is -4.74. The van der Waals surface area contributed by atoms with Crippen LogP contribution < -0.4 is 5.56 Å². The van der Waals surface area contributed by atoms with Crippen LogP contribution in [0.2, 0.25) is 0 Å². The summed E-state index contributed by atoms with van der Waals surface area (Å²) in [6.45, 7) is 0. The van der Waals surface area contributed by atoms with Gasteiger partial charge in [-0.05, 0) is 52.4 Å². The largest absolute Gasteiger partial charge is 0.418 e. The Hall–Kier alpha value is -2.16.